The van der Waals surface area contributed by atoms with Gasteiger partial charge in [0.15, 0.2) is 5.82 Å². The van der Waals surface area contributed by atoms with Gasteiger partial charge < -0.3 is 14.2 Å². The fourth-order valence-electron chi connectivity index (χ4n) is 3.68. The second-order valence-corrected chi connectivity index (χ2v) is 6.69. The van der Waals surface area contributed by atoms with Crippen molar-refractivity contribution in [2.24, 2.45) is 0 Å². The van der Waals surface area contributed by atoms with Crippen molar-refractivity contribution >= 4 is 5.69 Å². The molecule has 6 nitrogen and oxygen atoms in total. The van der Waals surface area contributed by atoms with Crippen LogP contribution in [0, 0.1) is 6.92 Å². The lowest BCUT2D eigenvalue weighted by molar-refractivity contribution is 0.177. The van der Waals surface area contributed by atoms with Gasteiger partial charge in [-0.25, -0.2) is 0 Å². The van der Waals surface area contributed by atoms with Gasteiger partial charge in [-0.15, -0.1) is 0 Å². The summed E-state index contributed by atoms with van der Waals surface area (Å²) in [5.41, 5.74) is 2.32. The van der Waals surface area contributed by atoms with E-state index in [1.807, 2.05) is 25.1 Å². The Morgan fingerprint density at radius 2 is 1.67 bits per heavy atom. The van der Waals surface area contributed by atoms with Gasteiger partial charge >= 0.3 is 0 Å². The summed E-state index contributed by atoms with van der Waals surface area (Å²) >= 11 is 0. The summed E-state index contributed by atoms with van der Waals surface area (Å²) < 4.78 is 11.1. The highest BCUT2D eigenvalue weighted by Gasteiger charge is 2.30. The SMILES string of the molecule is COc1ccccc1N1CCN([C@@H](c2ccccc2)c2nc(C)no2)CC1. The average molecular weight is 364 g/mol. The van der Waals surface area contributed by atoms with Crippen LogP contribution in [0.2, 0.25) is 0 Å². The maximum absolute atomic E-state index is 5.55. The predicted octanol–water partition coefficient (Wildman–Crippen LogP) is 3.30. The Bertz CT molecular complexity index is 873. The van der Waals surface area contributed by atoms with Crippen LogP contribution in [0.25, 0.3) is 0 Å². The monoisotopic (exact) mass is 364 g/mol. The zero-order valence-electron chi connectivity index (χ0n) is 15.7. The second-order valence-electron chi connectivity index (χ2n) is 6.69. The Hall–Kier alpha value is -2.86. The van der Waals surface area contributed by atoms with Crippen molar-refractivity contribution in [2.45, 2.75) is 13.0 Å². The lowest BCUT2D eigenvalue weighted by Crippen LogP contribution is -2.48. The Morgan fingerprint density at radius 3 is 2.33 bits per heavy atom. The van der Waals surface area contributed by atoms with Crippen LogP contribution in [0.5, 0.6) is 5.75 Å². The van der Waals surface area contributed by atoms with E-state index in [0.717, 1.165) is 37.6 Å². The van der Waals surface area contributed by atoms with Crippen LogP contribution in [0.15, 0.2) is 59.1 Å². The van der Waals surface area contributed by atoms with Crippen molar-refractivity contribution in [1.82, 2.24) is 15.0 Å². The lowest BCUT2D eigenvalue weighted by Gasteiger charge is -2.39. The van der Waals surface area contributed by atoms with Crippen LogP contribution >= 0.6 is 0 Å². The maximum Gasteiger partial charge on any atom is 0.248 e. The molecule has 140 valence electrons. The molecule has 0 saturated carbocycles. The molecule has 6 heteroatoms. The second kappa shape index (κ2) is 7.80. The predicted molar refractivity (Wildman–Crippen MR) is 104 cm³/mol. The Kier molecular flexibility index (Phi) is 5.07. The number of para-hydroxylation sites is 2. The van der Waals surface area contributed by atoms with Gasteiger partial charge in [0.2, 0.25) is 5.89 Å². The van der Waals surface area contributed by atoms with Gasteiger partial charge in [-0.3, -0.25) is 4.90 Å². The molecule has 1 aliphatic heterocycles. The minimum Gasteiger partial charge on any atom is -0.495 e. The van der Waals surface area contributed by atoms with Gasteiger partial charge in [0.1, 0.15) is 11.8 Å². The first-order valence-corrected chi connectivity index (χ1v) is 9.23. The van der Waals surface area contributed by atoms with Crippen LogP contribution < -0.4 is 9.64 Å². The van der Waals surface area contributed by atoms with Crippen molar-refractivity contribution in [1.29, 1.82) is 0 Å². The summed E-state index contributed by atoms with van der Waals surface area (Å²) in [6.07, 6.45) is 0. The third-order valence-corrected chi connectivity index (χ3v) is 5.00. The van der Waals surface area contributed by atoms with Gasteiger partial charge in [0.25, 0.3) is 0 Å². The molecule has 0 aliphatic carbocycles. The first-order chi connectivity index (χ1) is 13.3. The summed E-state index contributed by atoms with van der Waals surface area (Å²) in [4.78, 5) is 9.30. The number of aryl methyl sites for hydroxylation is 1. The van der Waals surface area contributed by atoms with Crippen molar-refractivity contribution < 1.29 is 9.26 Å². The number of ether oxygens (including phenoxy) is 1. The normalized spacial score (nSPS) is 16.3. The molecule has 2 heterocycles. The molecule has 1 saturated heterocycles. The fraction of sp³-hybridized carbons (Fsp3) is 0.333. The van der Waals surface area contributed by atoms with Crippen LogP contribution in [0.4, 0.5) is 5.69 Å². The molecular weight excluding hydrogens is 340 g/mol. The van der Waals surface area contributed by atoms with Gasteiger partial charge in [-0.1, -0.05) is 47.6 Å². The third-order valence-electron chi connectivity index (χ3n) is 5.00. The number of rotatable bonds is 5. The number of nitrogens with zero attached hydrogens (tertiary/aromatic N) is 4. The number of hydrogen-bond donors (Lipinski definition) is 0. The molecule has 0 bridgehead atoms. The largest absolute Gasteiger partial charge is 0.495 e. The summed E-state index contributed by atoms with van der Waals surface area (Å²) in [7, 11) is 1.72. The molecule has 0 unspecified atom stereocenters. The highest BCUT2D eigenvalue weighted by molar-refractivity contribution is 5.58. The van der Waals surface area contributed by atoms with Gasteiger partial charge in [-0.2, -0.15) is 4.98 Å². The van der Waals surface area contributed by atoms with E-state index in [9.17, 15) is 0 Å². The van der Waals surface area contributed by atoms with Gasteiger partial charge in [0, 0.05) is 26.2 Å². The fourth-order valence-corrected chi connectivity index (χ4v) is 3.68. The molecule has 1 aliphatic rings. The van der Waals surface area contributed by atoms with Gasteiger partial charge in [-0.05, 0) is 24.6 Å². The number of anilines is 1. The summed E-state index contributed by atoms with van der Waals surface area (Å²) in [6, 6.07) is 18.5. The Balaban J connectivity index is 1.55. The van der Waals surface area contributed by atoms with Crippen molar-refractivity contribution in [3.63, 3.8) is 0 Å². The van der Waals surface area contributed by atoms with E-state index in [2.05, 4.69) is 56.3 Å². The van der Waals surface area contributed by atoms with E-state index in [4.69, 9.17) is 9.26 Å². The van der Waals surface area contributed by atoms with E-state index in [1.54, 1.807) is 7.11 Å². The summed E-state index contributed by atoms with van der Waals surface area (Å²) in [5.74, 6) is 2.24. The quantitative estimate of drug-likeness (QED) is 0.692. The smallest absolute Gasteiger partial charge is 0.248 e. The van der Waals surface area contributed by atoms with Crippen molar-refractivity contribution in [2.75, 3.05) is 38.2 Å². The molecule has 27 heavy (non-hydrogen) atoms. The lowest BCUT2D eigenvalue weighted by atomic mass is 10.0. The van der Waals surface area contributed by atoms with Crippen molar-refractivity contribution in [3.8, 4) is 5.75 Å². The summed E-state index contributed by atoms with van der Waals surface area (Å²) in [5, 5.41) is 4.00. The maximum atomic E-state index is 5.55. The molecule has 0 radical (unpaired) electrons. The number of hydrogen-bond acceptors (Lipinski definition) is 6. The molecule has 1 atom stereocenters. The Morgan fingerprint density at radius 1 is 0.963 bits per heavy atom. The first-order valence-electron chi connectivity index (χ1n) is 9.23. The van der Waals surface area contributed by atoms with Crippen molar-refractivity contribution in [3.05, 3.63) is 71.9 Å². The molecule has 0 spiro atoms. The Labute approximate surface area is 159 Å². The third kappa shape index (κ3) is 3.66. The first kappa shape index (κ1) is 17.5. The summed E-state index contributed by atoms with van der Waals surface area (Å²) in [6.45, 7) is 5.49. The minimum atomic E-state index is -0.0211. The molecule has 0 N–H and O–H groups in total. The van der Waals surface area contributed by atoms with E-state index < -0.39 is 0 Å². The standard InChI is InChI=1S/C21H24N4O2/c1-16-22-21(27-23-16)20(17-8-4-3-5-9-17)25-14-12-24(13-15-25)18-10-6-7-11-19(18)26-2/h3-11,20H,12-15H2,1-2H3/t20-/m0/s1. The zero-order chi connectivity index (χ0) is 18.6. The minimum absolute atomic E-state index is 0.0211. The molecule has 2 aromatic carbocycles. The topological polar surface area (TPSA) is 54.6 Å². The van der Waals surface area contributed by atoms with Gasteiger partial charge in [0.05, 0.1) is 12.8 Å². The number of methoxy groups -OCH3 is 1. The highest BCUT2D eigenvalue weighted by atomic mass is 16.5. The van der Waals surface area contributed by atoms with Crippen LogP contribution in [0.3, 0.4) is 0 Å². The zero-order valence-corrected chi connectivity index (χ0v) is 15.7. The molecular formula is C21H24N4O2. The van der Waals surface area contributed by atoms with E-state index in [0.29, 0.717) is 11.7 Å². The molecule has 1 aromatic heterocycles. The number of benzene rings is 2. The molecule has 1 fully saturated rings. The van der Waals surface area contributed by atoms with Crippen LogP contribution in [0.1, 0.15) is 23.3 Å². The van der Waals surface area contributed by atoms with Crippen LogP contribution in [-0.2, 0) is 0 Å². The van der Waals surface area contributed by atoms with E-state index in [1.165, 1.54) is 5.56 Å². The molecule has 3 aromatic rings. The van der Waals surface area contributed by atoms with Crippen LogP contribution in [-0.4, -0.2) is 48.3 Å². The number of aromatic nitrogens is 2. The molecule has 0 amide bonds. The average Bonchev–Trinajstić information content (AvgIpc) is 3.15. The highest BCUT2D eigenvalue weighted by Crippen LogP contribution is 2.32. The van der Waals surface area contributed by atoms with E-state index >= 15 is 0 Å². The van der Waals surface area contributed by atoms with E-state index in [-0.39, 0.29) is 6.04 Å². The molecule has 4 rings (SSSR count). The number of piperazine rings is 1.